The number of carbonyl (C=O) groups is 1. The zero-order chi connectivity index (χ0) is 21.9. The first-order chi connectivity index (χ1) is 14.3. The third kappa shape index (κ3) is 4.70. The molecule has 0 aliphatic rings. The van der Waals surface area contributed by atoms with Crippen molar-refractivity contribution >= 4 is 40.5 Å². The maximum atomic E-state index is 12.8. The molecule has 0 bridgehead atoms. The fourth-order valence-corrected chi connectivity index (χ4v) is 5.19. The van der Waals surface area contributed by atoms with Gasteiger partial charge in [0, 0.05) is 28.4 Å². The van der Waals surface area contributed by atoms with Crippen LogP contribution in [0, 0.1) is 0 Å². The number of aromatic amines is 1. The van der Waals surface area contributed by atoms with Crippen LogP contribution in [0.5, 0.6) is 0 Å². The molecule has 3 aromatic rings. The third-order valence-corrected chi connectivity index (χ3v) is 6.84. The summed E-state index contributed by atoms with van der Waals surface area (Å²) in [5.41, 5.74) is 0.782. The van der Waals surface area contributed by atoms with Crippen molar-refractivity contribution in [3.05, 3.63) is 45.4 Å². The second kappa shape index (κ2) is 9.22. The number of hydrogen-bond acceptors (Lipinski definition) is 8. The lowest BCUT2D eigenvalue weighted by Crippen LogP contribution is -2.09. The Bertz CT molecular complexity index is 1160. The van der Waals surface area contributed by atoms with Crippen molar-refractivity contribution in [2.45, 2.75) is 33.7 Å². The fraction of sp³-hybridized carbons (Fsp3) is 0.350. The topological polar surface area (TPSA) is 110 Å². The first-order valence-electron chi connectivity index (χ1n) is 9.61. The molecule has 0 aliphatic heterocycles. The van der Waals surface area contributed by atoms with Gasteiger partial charge < -0.3 is 19.3 Å². The number of rotatable bonds is 9. The number of aromatic nitrogens is 2. The van der Waals surface area contributed by atoms with Crippen LogP contribution in [0.15, 0.2) is 34.4 Å². The number of thiazole rings is 1. The first-order valence-corrected chi connectivity index (χ1v) is 12.0. The molecule has 2 heterocycles. The Morgan fingerprint density at radius 3 is 2.57 bits per heavy atom. The summed E-state index contributed by atoms with van der Waals surface area (Å²) in [6.45, 7) is 7.46. The average Bonchev–Trinajstić information content (AvgIpc) is 3.15. The van der Waals surface area contributed by atoms with Crippen molar-refractivity contribution in [3.8, 4) is 11.4 Å². The number of H-pyrrole nitrogens is 1. The Balaban J connectivity index is 2.03. The molecule has 3 rings (SSSR count). The number of pyridine rings is 1. The second-order valence-corrected chi connectivity index (χ2v) is 9.56. The summed E-state index contributed by atoms with van der Waals surface area (Å²) in [4.78, 5) is 33.1. The van der Waals surface area contributed by atoms with Gasteiger partial charge in [-0.3, -0.25) is 14.2 Å². The third-order valence-electron chi connectivity index (χ3n) is 4.12. The maximum Gasteiger partial charge on any atom is 0.401 e. The Morgan fingerprint density at radius 1 is 1.23 bits per heavy atom. The summed E-state index contributed by atoms with van der Waals surface area (Å²) in [6.07, 6.45) is 0. The van der Waals surface area contributed by atoms with E-state index >= 15 is 0 Å². The van der Waals surface area contributed by atoms with Gasteiger partial charge in [-0.05, 0) is 45.9 Å². The van der Waals surface area contributed by atoms with Crippen LogP contribution in [-0.4, -0.2) is 34.7 Å². The fourth-order valence-electron chi connectivity index (χ4n) is 2.89. The highest BCUT2D eigenvalue weighted by Crippen LogP contribution is 2.51. The quantitative estimate of drug-likeness (QED) is 0.448. The molecule has 8 nitrogen and oxygen atoms in total. The molecule has 0 saturated carbocycles. The van der Waals surface area contributed by atoms with E-state index in [1.165, 1.54) is 35.6 Å². The molecule has 0 spiro atoms. The number of nitrogens with zero attached hydrogens (tertiary/aromatic N) is 1. The minimum absolute atomic E-state index is 0.0775. The van der Waals surface area contributed by atoms with E-state index in [-0.39, 0.29) is 30.2 Å². The van der Waals surface area contributed by atoms with E-state index in [9.17, 15) is 14.2 Å². The van der Waals surface area contributed by atoms with Gasteiger partial charge in [0.05, 0.1) is 30.1 Å². The Morgan fingerprint density at radius 2 is 1.93 bits per heavy atom. The molecule has 0 unspecified atom stereocenters. The number of nitrogens with one attached hydrogen (secondary N) is 2. The van der Waals surface area contributed by atoms with Crippen LogP contribution in [0.1, 0.15) is 38.1 Å². The van der Waals surface area contributed by atoms with E-state index in [1.54, 1.807) is 13.8 Å². The maximum absolute atomic E-state index is 12.8. The smallest absolute Gasteiger partial charge is 0.359 e. The molecule has 2 aromatic heterocycles. The molecule has 0 atom stereocenters. The van der Waals surface area contributed by atoms with Crippen molar-refractivity contribution < 1.29 is 18.4 Å². The summed E-state index contributed by atoms with van der Waals surface area (Å²) in [5, 5.41) is 6.23. The summed E-state index contributed by atoms with van der Waals surface area (Å²) in [6, 6.07) is 6.19. The standard InChI is InChI=1S/C20H24N3O5PS/c1-5-27-29(26,28-6-2)19(25)13-7-8-14-15(9-13)22-16(10-18(14)24)17-11-30-20(23-17)21-12(3)4/h7-12H,5-6H2,1-4H3,(H,21,23)(H,22,24). The van der Waals surface area contributed by atoms with E-state index in [1.807, 2.05) is 19.2 Å². The molecule has 1 aromatic carbocycles. The number of fused-ring (bicyclic) bond motifs is 1. The van der Waals surface area contributed by atoms with Crippen LogP contribution in [0.3, 0.4) is 0 Å². The van der Waals surface area contributed by atoms with Gasteiger partial charge in [-0.15, -0.1) is 11.3 Å². The largest absolute Gasteiger partial charge is 0.401 e. The SMILES string of the molecule is CCOP(=O)(OCC)C(=O)c1ccc2c(=O)cc(-c3csc(NC(C)C)n3)[nH]c2c1. The highest BCUT2D eigenvalue weighted by Gasteiger charge is 2.35. The van der Waals surface area contributed by atoms with E-state index in [0.29, 0.717) is 22.3 Å². The molecule has 2 N–H and O–H groups in total. The van der Waals surface area contributed by atoms with Crippen molar-refractivity contribution in [1.29, 1.82) is 0 Å². The van der Waals surface area contributed by atoms with Gasteiger partial charge in [0.1, 0.15) is 0 Å². The van der Waals surface area contributed by atoms with Crippen LogP contribution >= 0.6 is 18.9 Å². The zero-order valence-electron chi connectivity index (χ0n) is 17.2. The van der Waals surface area contributed by atoms with Gasteiger partial charge in [-0.2, -0.15) is 0 Å². The lowest BCUT2D eigenvalue weighted by molar-refractivity contribution is 0.100. The van der Waals surface area contributed by atoms with Crippen LogP contribution in [0.4, 0.5) is 5.13 Å². The number of anilines is 1. The average molecular weight is 449 g/mol. The first kappa shape index (κ1) is 22.4. The highest BCUT2D eigenvalue weighted by molar-refractivity contribution is 7.72. The highest BCUT2D eigenvalue weighted by atomic mass is 32.1. The van der Waals surface area contributed by atoms with Gasteiger partial charge in [-0.25, -0.2) is 4.98 Å². The second-order valence-electron chi connectivity index (χ2n) is 6.78. The Hall–Kier alpha value is -2.32. The van der Waals surface area contributed by atoms with Crippen LogP contribution < -0.4 is 10.7 Å². The van der Waals surface area contributed by atoms with Crippen LogP contribution in [0.25, 0.3) is 22.3 Å². The van der Waals surface area contributed by atoms with Gasteiger partial charge in [0.2, 0.25) is 0 Å². The lowest BCUT2D eigenvalue weighted by Gasteiger charge is -2.15. The van der Waals surface area contributed by atoms with Crippen molar-refractivity contribution in [2.75, 3.05) is 18.5 Å². The summed E-state index contributed by atoms with van der Waals surface area (Å²) in [7, 11) is -3.95. The summed E-state index contributed by atoms with van der Waals surface area (Å²) in [5.74, 6) is 0. The molecule has 30 heavy (non-hydrogen) atoms. The number of benzene rings is 1. The number of hydrogen-bond donors (Lipinski definition) is 2. The summed E-state index contributed by atoms with van der Waals surface area (Å²) < 4.78 is 23.1. The van der Waals surface area contributed by atoms with Crippen LogP contribution in [0.2, 0.25) is 0 Å². The normalized spacial score (nSPS) is 11.9. The predicted molar refractivity (Wildman–Crippen MR) is 120 cm³/mol. The van der Waals surface area contributed by atoms with Crippen molar-refractivity contribution in [1.82, 2.24) is 9.97 Å². The molecular formula is C20H24N3O5PS. The minimum Gasteiger partial charge on any atom is -0.359 e. The van der Waals surface area contributed by atoms with Crippen molar-refractivity contribution in [2.24, 2.45) is 0 Å². The molecule has 0 amide bonds. The van der Waals surface area contributed by atoms with Gasteiger partial charge in [0.15, 0.2) is 10.6 Å². The summed E-state index contributed by atoms with van der Waals surface area (Å²) >= 11 is 1.44. The van der Waals surface area contributed by atoms with Gasteiger partial charge in [0.25, 0.3) is 5.52 Å². The molecular weight excluding hydrogens is 425 g/mol. The molecule has 0 radical (unpaired) electrons. The Kier molecular flexibility index (Phi) is 6.88. The molecule has 160 valence electrons. The van der Waals surface area contributed by atoms with Gasteiger partial charge in [-0.1, -0.05) is 0 Å². The van der Waals surface area contributed by atoms with E-state index in [4.69, 9.17) is 9.05 Å². The van der Waals surface area contributed by atoms with E-state index in [2.05, 4.69) is 15.3 Å². The molecule has 0 aliphatic carbocycles. The Labute approximate surface area is 178 Å². The van der Waals surface area contributed by atoms with Crippen molar-refractivity contribution in [3.63, 3.8) is 0 Å². The van der Waals surface area contributed by atoms with E-state index < -0.39 is 13.1 Å². The molecule has 0 saturated heterocycles. The number of carbonyl (C=O) groups excluding carboxylic acids is 1. The lowest BCUT2D eigenvalue weighted by atomic mass is 10.1. The van der Waals surface area contributed by atoms with E-state index in [0.717, 1.165) is 5.13 Å². The van der Waals surface area contributed by atoms with Crippen LogP contribution in [-0.2, 0) is 13.6 Å². The molecule has 10 heteroatoms. The van der Waals surface area contributed by atoms with Gasteiger partial charge >= 0.3 is 7.60 Å². The molecule has 0 fully saturated rings. The monoisotopic (exact) mass is 449 g/mol. The minimum atomic E-state index is -3.95. The zero-order valence-corrected chi connectivity index (χ0v) is 18.9. The predicted octanol–water partition coefficient (Wildman–Crippen LogP) is 4.88.